The summed E-state index contributed by atoms with van der Waals surface area (Å²) in [6, 6.07) is 0. The van der Waals surface area contributed by atoms with Crippen molar-refractivity contribution >= 4 is 5.78 Å². The lowest BCUT2D eigenvalue weighted by molar-refractivity contribution is -0.118. The maximum absolute atomic E-state index is 11.2. The average Bonchev–Trinajstić information content (AvgIpc) is 2.65. The van der Waals surface area contributed by atoms with Gasteiger partial charge in [0.1, 0.15) is 11.4 Å². The predicted molar refractivity (Wildman–Crippen MR) is 58.0 cm³/mol. The van der Waals surface area contributed by atoms with E-state index in [4.69, 9.17) is 9.26 Å². The van der Waals surface area contributed by atoms with Gasteiger partial charge in [-0.1, -0.05) is 5.16 Å². The Kier molecular flexibility index (Phi) is 3.80. The maximum Gasteiger partial charge on any atom is 0.237 e. The van der Waals surface area contributed by atoms with Gasteiger partial charge in [-0.15, -0.1) is 0 Å². The molecule has 0 saturated heterocycles. The van der Waals surface area contributed by atoms with Crippen LogP contribution in [0.1, 0.15) is 52.3 Å². The van der Waals surface area contributed by atoms with Crippen LogP contribution in [0.5, 0.6) is 0 Å². The van der Waals surface area contributed by atoms with Gasteiger partial charge in [-0.2, -0.15) is 4.98 Å². The molecule has 0 spiro atoms. The second kappa shape index (κ2) is 4.74. The third-order valence-corrected chi connectivity index (χ3v) is 2.47. The molecule has 5 heteroatoms. The van der Waals surface area contributed by atoms with Gasteiger partial charge in [0, 0.05) is 6.61 Å². The lowest BCUT2D eigenvalue weighted by atomic mass is 10.1. The fourth-order valence-electron chi connectivity index (χ4n) is 1.25. The van der Waals surface area contributed by atoms with Crippen LogP contribution >= 0.6 is 0 Å². The van der Waals surface area contributed by atoms with Crippen LogP contribution in [0.4, 0.5) is 0 Å². The topological polar surface area (TPSA) is 65.2 Å². The molecule has 90 valence electrons. The molecule has 0 aliphatic heterocycles. The van der Waals surface area contributed by atoms with Crippen molar-refractivity contribution in [2.75, 3.05) is 6.61 Å². The lowest BCUT2D eigenvalue weighted by Crippen LogP contribution is -2.23. The standard InChI is InChI=1S/C11H18N2O3/c1-6-15-11(4,5)10-12-9(16-13-10)7(2)8(3)14/h7H,6H2,1-5H3. The number of carbonyl (C=O) groups is 1. The molecule has 0 aliphatic rings. The molecule has 1 aromatic rings. The van der Waals surface area contributed by atoms with Crippen molar-refractivity contribution in [3.8, 4) is 0 Å². The minimum Gasteiger partial charge on any atom is -0.368 e. The van der Waals surface area contributed by atoms with Crippen molar-refractivity contribution in [2.45, 2.75) is 46.1 Å². The Morgan fingerprint density at radius 3 is 2.69 bits per heavy atom. The molecule has 16 heavy (non-hydrogen) atoms. The molecule has 5 nitrogen and oxygen atoms in total. The van der Waals surface area contributed by atoms with Gasteiger partial charge < -0.3 is 9.26 Å². The number of hydrogen-bond donors (Lipinski definition) is 0. The molecule has 1 unspecified atom stereocenters. The van der Waals surface area contributed by atoms with Gasteiger partial charge in [0.05, 0.1) is 5.92 Å². The average molecular weight is 226 g/mol. The molecule has 1 heterocycles. The van der Waals surface area contributed by atoms with Crippen molar-refractivity contribution < 1.29 is 14.1 Å². The summed E-state index contributed by atoms with van der Waals surface area (Å²) in [4.78, 5) is 15.4. The number of aromatic nitrogens is 2. The van der Waals surface area contributed by atoms with Gasteiger partial charge in [-0.25, -0.2) is 0 Å². The Hall–Kier alpha value is -1.23. The molecule has 1 atom stereocenters. The Balaban J connectivity index is 2.90. The Labute approximate surface area is 95.2 Å². The number of hydrogen-bond acceptors (Lipinski definition) is 5. The highest BCUT2D eigenvalue weighted by Crippen LogP contribution is 2.23. The molecule has 0 fully saturated rings. The number of rotatable bonds is 5. The van der Waals surface area contributed by atoms with Gasteiger partial charge in [-0.05, 0) is 34.6 Å². The van der Waals surface area contributed by atoms with E-state index in [1.807, 2.05) is 20.8 Å². The van der Waals surface area contributed by atoms with E-state index in [2.05, 4.69) is 10.1 Å². The number of ether oxygens (including phenoxy) is 1. The Morgan fingerprint density at radius 1 is 1.56 bits per heavy atom. The summed E-state index contributed by atoms with van der Waals surface area (Å²) in [5.74, 6) is 0.454. The summed E-state index contributed by atoms with van der Waals surface area (Å²) in [5, 5.41) is 3.85. The first-order valence-electron chi connectivity index (χ1n) is 5.37. The third-order valence-electron chi connectivity index (χ3n) is 2.47. The normalized spacial score (nSPS) is 13.8. The Bertz CT molecular complexity index is 371. The zero-order valence-corrected chi connectivity index (χ0v) is 10.4. The van der Waals surface area contributed by atoms with Gasteiger partial charge >= 0.3 is 0 Å². The van der Waals surface area contributed by atoms with E-state index in [1.165, 1.54) is 6.92 Å². The van der Waals surface area contributed by atoms with E-state index in [9.17, 15) is 4.79 Å². The van der Waals surface area contributed by atoms with Crippen LogP contribution in [-0.2, 0) is 15.1 Å². The summed E-state index contributed by atoms with van der Waals surface area (Å²) in [7, 11) is 0. The fraction of sp³-hybridized carbons (Fsp3) is 0.727. The van der Waals surface area contributed by atoms with Crippen molar-refractivity contribution in [3.63, 3.8) is 0 Å². The van der Waals surface area contributed by atoms with Gasteiger partial charge in [-0.3, -0.25) is 4.79 Å². The molecule has 0 N–H and O–H groups in total. The van der Waals surface area contributed by atoms with E-state index < -0.39 is 5.60 Å². The van der Waals surface area contributed by atoms with E-state index in [1.54, 1.807) is 6.92 Å². The highest BCUT2D eigenvalue weighted by Gasteiger charge is 2.29. The van der Waals surface area contributed by atoms with Gasteiger partial charge in [0.2, 0.25) is 11.7 Å². The van der Waals surface area contributed by atoms with Crippen molar-refractivity contribution in [3.05, 3.63) is 11.7 Å². The molecule has 0 aromatic carbocycles. The van der Waals surface area contributed by atoms with Crippen LogP contribution in [0.2, 0.25) is 0 Å². The van der Waals surface area contributed by atoms with Crippen LogP contribution in [0.25, 0.3) is 0 Å². The summed E-state index contributed by atoms with van der Waals surface area (Å²) >= 11 is 0. The van der Waals surface area contributed by atoms with E-state index in [-0.39, 0.29) is 11.7 Å². The second-order valence-corrected chi connectivity index (χ2v) is 4.23. The minimum absolute atomic E-state index is 0.00409. The molecule has 0 saturated carbocycles. The first-order valence-corrected chi connectivity index (χ1v) is 5.37. The zero-order valence-electron chi connectivity index (χ0n) is 10.4. The fourth-order valence-corrected chi connectivity index (χ4v) is 1.25. The van der Waals surface area contributed by atoms with Crippen LogP contribution in [-0.4, -0.2) is 22.5 Å². The van der Waals surface area contributed by atoms with Crippen LogP contribution in [0.15, 0.2) is 4.52 Å². The number of Topliss-reactive ketones (excluding diaryl/α,β-unsaturated/α-hetero) is 1. The first-order chi connectivity index (χ1) is 7.38. The van der Waals surface area contributed by atoms with Gasteiger partial charge in [0.25, 0.3) is 0 Å². The van der Waals surface area contributed by atoms with Crippen LogP contribution in [0.3, 0.4) is 0 Å². The first kappa shape index (κ1) is 12.8. The smallest absolute Gasteiger partial charge is 0.237 e. The van der Waals surface area contributed by atoms with Gasteiger partial charge in [0.15, 0.2) is 0 Å². The quantitative estimate of drug-likeness (QED) is 0.768. The summed E-state index contributed by atoms with van der Waals surface area (Å²) in [5.41, 5.74) is -0.590. The lowest BCUT2D eigenvalue weighted by Gasteiger charge is -2.19. The number of nitrogens with zero attached hydrogens (tertiary/aromatic N) is 2. The van der Waals surface area contributed by atoms with Crippen molar-refractivity contribution in [1.29, 1.82) is 0 Å². The molecule has 0 bridgehead atoms. The van der Waals surface area contributed by atoms with Crippen LogP contribution < -0.4 is 0 Å². The third kappa shape index (κ3) is 2.66. The zero-order chi connectivity index (χ0) is 12.3. The molecule has 1 aromatic heterocycles. The maximum atomic E-state index is 11.2. The highest BCUT2D eigenvalue weighted by atomic mass is 16.5. The van der Waals surface area contributed by atoms with E-state index in [0.717, 1.165) is 0 Å². The predicted octanol–water partition coefficient (Wildman–Crippen LogP) is 2.03. The van der Waals surface area contributed by atoms with Crippen molar-refractivity contribution in [2.24, 2.45) is 0 Å². The van der Waals surface area contributed by atoms with E-state index in [0.29, 0.717) is 18.3 Å². The molecular formula is C11H18N2O3. The number of carbonyl (C=O) groups excluding carboxylic acids is 1. The van der Waals surface area contributed by atoms with Crippen LogP contribution in [0, 0.1) is 0 Å². The molecule has 0 radical (unpaired) electrons. The largest absolute Gasteiger partial charge is 0.368 e. The SMILES string of the molecule is CCOC(C)(C)c1noc(C(C)C(C)=O)n1. The molecular weight excluding hydrogens is 208 g/mol. The Morgan fingerprint density at radius 2 is 2.19 bits per heavy atom. The minimum atomic E-state index is -0.590. The highest BCUT2D eigenvalue weighted by molar-refractivity contribution is 5.81. The van der Waals surface area contributed by atoms with E-state index >= 15 is 0 Å². The summed E-state index contributed by atoms with van der Waals surface area (Å²) in [6.45, 7) is 9.45. The summed E-state index contributed by atoms with van der Waals surface area (Å²) in [6.07, 6.45) is 0. The summed E-state index contributed by atoms with van der Waals surface area (Å²) < 4.78 is 10.6. The van der Waals surface area contributed by atoms with Crippen molar-refractivity contribution in [1.82, 2.24) is 10.1 Å². The second-order valence-electron chi connectivity index (χ2n) is 4.23. The molecule has 0 aliphatic carbocycles. The monoisotopic (exact) mass is 226 g/mol. The molecule has 0 amide bonds. The molecule has 1 rings (SSSR count). The number of ketones is 1.